The van der Waals surface area contributed by atoms with Crippen molar-refractivity contribution < 1.29 is 13.3 Å². The quantitative estimate of drug-likeness (QED) is 0.474. The minimum atomic E-state index is -3.82. The molecule has 8 heteroatoms. The highest BCUT2D eigenvalue weighted by Gasteiger charge is 2.25. The van der Waals surface area contributed by atoms with Gasteiger partial charge in [0, 0.05) is 12.6 Å². The zero-order valence-electron chi connectivity index (χ0n) is 12.6. The van der Waals surface area contributed by atoms with Crippen LogP contribution in [0.4, 0.5) is 11.4 Å². The molecule has 0 bridgehead atoms. The first kappa shape index (κ1) is 17.4. The number of anilines is 1. The molecule has 0 aromatic heterocycles. The van der Waals surface area contributed by atoms with Crippen molar-refractivity contribution in [1.29, 1.82) is 0 Å². The Labute approximate surface area is 124 Å². The van der Waals surface area contributed by atoms with Gasteiger partial charge in [-0.3, -0.25) is 10.1 Å². The first-order valence-electron chi connectivity index (χ1n) is 6.54. The summed E-state index contributed by atoms with van der Waals surface area (Å²) in [5.74, 6) is 0. The van der Waals surface area contributed by atoms with Gasteiger partial charge in [-0.1, -0.05) is 20.8 Å². The topological polar surface area (TPSA) is 115 Å². The third-order valence-electron chi connectivity index (χ3n) is 3.51. The lowest BCUT2D eigenvalue weighted by Gasteiger charge is -2.23. The molecular weight excluding hydrogens is 294 g/mol. The molecule has 0 aliphatic carbocycles. The van der Waals surface area contributed by atoms with Crippen molar-refractivity contribution in [3.05, 3.63) is 27.8 Å². The van der Waals surface area contributed by atoms with E-state index in [0.29, 0.717) is 5.56 Å². The normalized spacial score (nSPS) is 12.4. The minimum absolute atomic E-state index is 0.0506. The first-order chi connectivity index (χ1) is 9.50. The van der Waals surface area contributed by atoms with Gasteiger partial charge in [-0.25, -0.2) is 13.1 Å². The third-order valence-corrected chi connectivity index (χ3v) is 5.05. The Morgan fingerprint density at radius 2 is 1.95 bits per heavy atom. The van der Waals surface area contributed by atoms with E-state index in [-0.39, 0.29) is 22.5 Å². The number of rotatable bonds is 6. The zero-order chi connectivity index (χ0) is 16.4. The van der Waals surface area contributed by atoms with Crippen molar-refractivity contribution >= 4 is 21.4 Å². The van der Waals surface area contributed by atoms with E-state index in [0.717, 1.165) is 12.5 Å². The Kier molecular flexibility index (Phi) is 4.95. The van der Waals surface area contributed by atoms with E-state index >= 15 is 0 Å². The summed E-state index contributed by atoms with van der Waals surface area (Å²) in [6.07, 6.45) is 0.802. The van der Waals surface area contributed by atoms with E-state index in [2.05, 4.69) is 4.72 Å². The lowest BCUT2D eigenvalue weighted by molar-refractivity contribution is -0.384. The highest BCUT2D eigenvalue weighted by atomic mass is 32.2. The van der Waals surface area contributed by atoms with E-state index in [1.165, 1.54) is 6.07 Å². The lowest BCUT2D eigenvalue weighted by atomic mass is 9.91. The fraction of sp³-hybridized carbons (Fsp3) is 0.538. The summed E-state index contributed by atoms with van der Waals surface area (Å²) < 4.78 is 27.2. The average molecular weight is 315 g/mol. The maximum atomic E-state index is 12.3. The van der Waals surface area contributed by atoms with Crippen LogP contribution in [-0.4, -0.2) is 19.9 Å². The number of nitrogens with one attached hydrogen (secondary N) is 1. The summed E-state index contributed by atoms with van der Waals surface area (Å²) in [7, 11) is -3.82. The third kappa shape index (κ3) is 4.15. The molecular formula is C13H21N3O4S. The maximum Gasteiger partial charge on any atom is 0.293 e. The summed E-state index contributed by atoms with van der Waals surface area (Å²) in [4.78, 5) is 10.1. The molecule has 7 nitrogen and oxygen atoms in total. The molecule has 3 N–H and O–H groups in total. The molecule has 0 radical (unpaired) electrons. The average Bonchev–Trinajstić information content (AvgIpc) is 2.36. The van der Waals surface area contributed by atoms with Crippen LogP contribution in [0.15, 0.2) is 17.0 Å². The molecule has 0 fully saturated rings. The molecule has 0 aliphatic heterocycles. The van der Waals surface area contributed by atoms with Gasteiger partial charge in [0.15, 0.2) is 0 Å². The van der Waals surface area contributed by atoms with E-state index in [1.54, 1.807) is 6.92 Å². The molecule has 21 heavy (non-hydrogen) atoms. The first-order valence-corrected chi connectivity index (χ1v) is 8.02. The van der Waals surface area contributed by atoms with Gasteiger partial charge in [-0.15, -0.1) is 0 Å². The molecule has 0 atom stereocenters. The fourth-order valence-electron chi connectivity index (χ4n) is 1.64. The number of nitro benzene ring substituents is 1. The van der Waals surface area contributed by atoms with Crippen molar-refractivity contribution in [2.24, 2.45) is 5.41 Å². The summed E-state index contributed by atoms with van der Waals surface area (Å²) in [6.45, 7) is 7.65. The van der Waals surface area contributed by atoms with Crippen LogP contribution in [0.2, 0.25) is 0 Å². The Balaban J connectivity index is 3.20. The minimum Gasteiger partial charge on any atom is -0.393 e. The number of hydrogen-bond acceptors (Lipinski definition) is 5. The van der Waals surface area contributed by atoms with Gasteiger partial charge in [0.25, 0.3) is 5.69 Å². The number of nitrogen functional groups attached to an aromatic ring is 1. The summed E-state index contributed by atoms with van der Waals surface area (Å²) in [6, 6.07) is 2.31. The molecule has 1 rings (SSSR count). The lowest BCUT2D eigenvalue weighted by Crippen LogP contribution is -2.34. The van der Waals surface area contributed by atoms with Gasteiger partial charge < -0.3 is 5.73 Å². The Hall–Kier alpha value is -1.67. The van der Waals surface area contributed by atoms with Crippen LogP contribution < -0.4 is 10.5 Å². The van der Waals surface area contributed by atoms with Crippen molar-refractivity contribution in [2.75, 3.05) is 12.3 Å². The SMILES string of the molecule is CCC(C)(C)CNS(=O)(=O)c1cc([N+](=O)[O-])c(N)cc1C. The monoisotopic (exact) mass is 315 g/mol. The molecule has 1 aromatic carbocycles. The van der Waals surface area contributed by atoms with E-state index in [9.17, 15) is 18.5 Å². The number of sulfonamides is 1. The van der Waals surface area contributed by atoms with Crippen molar-refractivity contribution in [3.8, 4) is 0 Å². The second kappa shape index (κ2) is 5.98. The highest BCUT2D eigenvalue weighted by Crippen LogP contribution is 2.28. The van der Waals surface area contributed by atoms with Crippen LogP contribution in [0, 0.1) is 22.5 Å². The summed E-state index contributed by atoms with van der Waals surface area (Å²) in [5, 5.41) is 10.9. The molecule has 0 saturated heterocycles. The molecule has 1 aromatic rings. The second-order valence-electron chi connectivity index (χ2n) is 5.78. The van der Waals surface area contributed by atoms with Crippen LogP contribution in [0.25, 0.3) is 0 Å². The number of nitro groups is 1. The maximum absolute atomic E-state index is 12.3. The Morgan fingerprint density at radius 3 is 2.43 bits per heavy atom. The number of aryl methyl sites for hydroxylation is 1. The predicted octanol–water partition coefficient (Wildman–Crippen LogP) is 2.20. The standard InChI is InChI=1S/C13H21N3O4S/c1-5-13(3,4)8-15-21(19,20)12-7-11(16(17)18)10(14)6-9(12)2/h6-7,15H,5,8,14H2,1-4H3. The van der Waals surface area contributed by atoms with Gasteiger partial charge in [-0.05, 0) is 30.4 Å². The number of benzene rings is 1. The van der Waals surface area contributed by atoms with Gasteiger partial charge in [-0.2, -0.15) is 0 Å². The van der Waals surface area contributed by atoms with Gasteiger partial charge >= 0.3 is 0 Å². The van der Waals surface area contributed by atoms with Gasteiger partial charge in [0.2, 0.25) is 10.0 Å². The molecule has 0 saturated carbocycles. The predicted molar refractivity (Wildman–Crippen MR) is 81.5 cm³/mol. The van der Waals surface area contributed by atoms with Crippen LogP contribution >= 0.6 is 0 Å². The van der Waals surface area contributed by atoms with E-state index in [1.807, 2.05) is 20.8 Å². The number of hydrogen-bond donors (Lipinski definition) is 2. The smallest absolute Gasteiger partial charge is 0.293 e. The molecule has 0 amide bonds. The van der Waals surface area contributed by atoms with Gasteiger partial charge in [0.1, 0.15) is 5.69 Å². The Morgan fingerprint density at radius 1 is 1.38 bits per heavy atom. The van der Waals surface area contributed by atoms with Crippen LogP contribution in [0.5, 0.6) is 0 Å². The Bertz CT molecular complexity index is 654. The van der Waals surface area contributed by atoms with Crippen LogP contribution in [0.1, 0.15) is 32.8 Å². The molecule has 0 unspecified atom stereocenters. The van der Waals surface area contributed by atoms with Gasteiger partial charge in [0.05, 0.1) is 9.82 Å². The molecule has 0 heterocycles. The van der Waals surface area contributed by atoms with Crippen molar-refractivity contribution in [2.45, 2.75) is 39.0 Å². The second-order valence-corrected chi connectivity index (χ2v) is 7.51. The molecule has 0 spiro atoms. The highest BCUT2D eigenvalue weighted by molar-refractivity contribution is 7.89. The fourth-order valence-corrected chi connectivity index (χ4v) is 3.13. The molecule has 118 valence electrons. The number of nitrogens with zero attached hydrogens (tertiary/aromatic N) is 1. The van der Waals surface area contributed by atoms with E-state index < -0.39 is 20.6 Å². The largest absolute Gasteiger partial charge is 0.393 e. The van der Waals surface area contributed by atoms with Crippen LogP contribution in [0.3, 0.4) is 0 Å². The van der Waals surface area contributed by atoms with E-state index in [4.69, 9.17) is 5.73 Å². The van der Waals surface area contributed by atoms with Crippen molar-refractivity contribution in [3.63, 3.8) is 0 Å². The zero-order valence-corrected chi connectivity index (χ0v) is 13.5. The summed E-state index contributed by atoms with van der Waals surface area (Å²) in [5.41, 5.74) is 5.27. The van der Waals surface area contributed by atoms with Crippen LogP contribution in [-0.2, 0) is 10.0 Å². The number of nitrogens with two attached hydrogens (primary N) is 1. The molecule has 0 aliphatic rings. The summed E-state index contributed by atoms with van der Waals surface area (Å²) >= 11 is 0. The van der Waals surface area contributed by atoms with Crippen molar-refractivity contribution in [1.82, 2.24) is 4.72 Å².